The number of hydrogen-bond acceptors (Lipinski definition) is 3. The van der Waals surface area contributed by atoms with Crippen LogP contribution < -0.4 is 4.74 Å². The van der Waals surface area contributed by atoms with Crippen LogP contribution in [0.3, 0.4) is 0 Å². The van der Waals surface area contributed by atoms with Gasteiger partial charge in [-0.05, 0) is 18.0 Å². The average molecular weight is 247 g/mol. The fourth-order valence-corrected chi connectivity index (χ4v) is 1.43. The molecular formula is C11H16ClFN2O. The van der Waals surface area contributed by atoms with E-state index >= 15 is 0 Å². The quantitative estimate of drug-likeness (QED) is 0.544. The molecule has 0 saturated heterocycles. The molecule has 0 atom stereocenters. The van der Waals surface area contributed by atoms with Crippen LogP contribution in [0.4, 0.5) is 4.39 Å². The molecule has 0 amide bonds. The molecule has 0 bridgehead atoms. The molecule has 1 rings (SSSR count). The molecule has 0 unspecified atom stereocenters. The highest BCUT2D eigenvalue weighted by molar-refractivity contribution is 6.28. The minimum Gasteiger partial charge on any atom is -0.475 e. The smallest absolute Gasteiger partial charge is 0.254 e. The lowest BCUT2D eigenvalue weighted by atomic mass is 10.2. The first kappa shape index (κ1) is 13.2. The third-order valence-electron chi connectivity index (χ3n) is 2.17. The van der Waals surface area contributed by atoms with Crippen LogP contribution in [0, 0.1) is 5.82 Å². The Balaban J connectivity index is 2.23. The number of unbranched alkanes of at least 4 members (excludes halogenated alkanes) is 4. The molecule has 0 radical (unpaired) electrons. The average Bonchev–Trinajstić information content (AvgIpc) is 2.28. The third-order valence-corrected chi connectivity index (χ3v) is 2.35. The molecule has 0 N–H and O–H groups in total. The number of rotatable bonds is 7. The molecule has 0 aliphatic rings. The zero-order chi connectivity index (χ0) is 11.8. The van der Waals surface area contributed by atoms with E-state index in [9.17, 15) is 4.39 Å². The second-order valence-corrected chi connectivity index (χ2v) is 3.89. The monoisotopic (exact) mass is 246 g/mol. The summed E-state index contributed by atoms with van der Waals surface area (Å²) in [5.74, 6) is -0.631. The molecule has 1 heterocycles. The lowest BCUT2D eigenvalue weighted by molar-refractivity contribution is 0.277. The Morgan fingerprint density at radius 2 is 2.06 bits per heavy atom. The first-order valence-corrected chi connectivity index (χ1v) is 5.92. The maximum Gasteiger partial charge on any atom is 0.254 e. The number of halogens is 2. The first-order chi connectivity index (χ1) is 7.74. The van der Waals surface area contributed by atoms with E-state index in [-0.39, 0.29) is 11.2 Å². The van der Waals surface area contributed by atoms with Crippen molar-refractivity contribution < 1.29 is 9.13 Å². The normalized spacial score (nSPS) is 10.4. The van der Waals surface area contributed by atoms with Crippen LogP contribution in [0.25, 0.3) is 0 Å². The standard InChI is InChI=1S/C11H16ClFN2O/c1-2-3-4-5-6-7-16-10-9(13)8-14-11(12)15-10/h8H,2-7H2,1H3. The summed E-state index contributed by atoms with van der Waals surface area (Å²) >= 11 is 5.53. The Morgan fingerprint density at radius 3 is 2.81 bits per heavy atom. The summed E-state index contributed by atoms with van der Waals surface area (Å²) in [6.07, 6.45) is 6.63. The van der Waals surface area contributed by atoms with E-state index in [0.717, 1.165) is 19.0 Å². The van der Waals surface area contributed by atoms with Crippen LogP contribution in [0.5, 0.6) is 5.88 Å². The summed E-state index contributed by atoms with van der Waals surface area (Å²) in [6, 6.07) is 0. The van der Waals surface area contributed by atoms with E-state index in [1.165, 1.54) is 19.3 Å². The van der Waals surface area contributed by atoms with Crippen molar-refractivity contribution in [3.8, 4) is 5.88 Å². The highest BCUT2D eigenvalue weighted by Gasteiger charge is 2.06. The lowest BCUT2D eigenvalue weighted by Crippen LogP contribution is -2.02. The van der Waals surface area contributed by atoms with Gasteiger partial charge in [-0.25, -0.2) is 4.98 Å². The minimum absolute atomic E-state index is 0.00221. The fourth-order valence-electron chi connectivity index (χ4n) is 1.31. The molecule has 1 aromatic heterocycles. The molecule has 0 aromatic carbocycles. The predicted molar refractivity (Wildman–Crippen MR) is 61.3 cm³/mol. The molecule has 0 spiro atoms. The van der Waals surface area contributed by atoms with Crippen LogP contribution in [0.1, 0.15) is 39.0 Å². The van der Waals surface area contributed by atoms with E-state index in [4.69, 9.17) is 16.3 Å². The van der Waals surface area contributed by atoms with Crippen molar-refractivity contribution in [2.75, 3.05) is 6.61 Å². The van der Waals surface area contributed by atoms with Crippen molar-refractivity contribution >= 4 is 11.6 Å². The van der Waals surface area contributed by atoms with Crippen molar-refractivity contribution in [3.05, 3.63) is 17.3 Å². The second kappa shape index (κ2) is 7.39. The van der Waals surface area contributed by atoms with Crippen LogP contribution in [-0.4, -0.2) is 16.6 Å². The van der Waals surface area contributed by atoms with Gasteiger partial charge in [0.05, 0.1) is 12.8 Å². The lowest BCUT2D eigenvalue weighted by Gasteiger charge is -2.05. The van der Waals surface area contributed by atoms with Gasteiger partial charge in [0.15, 0.2) is 0 Å². The van der Waals surface area contributed by atoms with Gasteiger partial charge in [-0.1, -0.05) is 32.6 Å². The van der Waals surface area contributed by atoms with Crippen molar-refractivity contribution in [3.63, 3.8) is 0 Å². The topological polar surface area (TPSA) is 35.0 Å². The van der Waals surface area contributed by atoms with Crippen molar-refractivity contribution in [1.29, 1.82) is 0 Å². The maximum atomic E-state index is 13.1. The Kier molecular flexibility index (Phi) is 6.08. The summed E-state index contributed by atoms with van der Waals surface area (Å²) in [7, 11) is 0. The Labute approximate surface area is 100 Å². The SMILES string of the molecule is CCCCCCCOc1nc(Cl)ncc1F. The van der Waals surface area contributed by atoms with Gasteiger partial charge < -0.3 is 4.74 Å². The van der Waals surface area contributed by atoms with E-state index in [0.29, 0.717) is 6.61 Å². The van der Waals surface area contributed by atoms with Crippen LogP contribution in [0.15, 0.2) is 6.20 Å². The van der Waals surface area contributed by atoms with Gasteiger partial charge in [-0.15, -0.1) is 0 Å². The number of ether oxygens (including phenoxy) is 1. The molecule has 90 valence electrons. The van der Waals surface area contributed by atoms with E-state index < -0.39 is 5.82 Å². The second-order valence-electron chi connectivity index (χ2n) is 3.55. The fraction of sp³-hybridized carbons (Fsp3) is 0.636. The number of hydrogen-bond donors (Lipinski definition) is 0. The Morgan fingerprint density at radius 1 is 1.31 bits per heavy atom. The van der Waals surface area contributed by atoms with E-state index in [2.05, 4.69) is 16.9 Å². The van der Waals surface area contributed by atoms with Gasteiger partial charge in [-0.2, -0.15) is 9.37 Å². The molecular weight excluding hydrogens is 231 g/mol. The highest BCUT2D eigenvalue weighted by atomic mass is 35.5. The van der Waals surface area contributed by atoms with E-state index in [1.54, 1.807) is 0 Å². The van der Waals surface area contributed by atoms with Crippen LogP contribution >= 0.6 is 11.6 Å². The predicted octanol–water partition coefficient (Wildman–Crippen LogP) is 3.62. The van der Waals surface area contributed by atoms with Crippen LogP contribution in [-0.2, 0) is 0 Å². The van der Waals surface area contributed by atoms with Gasteiger partial charge in [-0.3, -0.25) is 0 Å². The molecule has 1 aromatic rings. The zero-order valence-electron chi connectivity index (χ0n) is 9.38. The Hall–Kier alpha value is -0.900. The summed E-state index contributed by atoms with van der Waals surface area (Å²) in [4.78, 5) is 7.17. The van der Waals surface area contributed by atoms with Crippen molar-refractivity contribution in [1.82, 2.24) is 9.97 Å². The molecule has 0 aliphatic heterocycles. The first-order valence-electron chi connectivity index (χ1n) is 5.55. The molecule has 0 fully saturated rings. The van der Waals surface area contributed by atoms with Gasteiger partial charge in [0, 0.05) is 0 Å². The highest BCUT2D eigenvalue weighted by Crippen LogP contribution is 2.15. The maximum absolute atomic E-state index is 13.1. The van der Waals surface area contributed by atoms with Gasteiger partial charge >= 0.3 is 0 Å². The van der Waals surface area contributed by atoms with Gasteiger partial charge in [0.25, 0.3) is 5.88 Å². The van der Waals surface area contributed by atoms with Crippen molar-refractivity contribution in [2.45, 2.75) is 39.0 Å². The molecule has 3 nitrogen and oxygen atoms in total. The largest absolute Gasteiger partial charge is 0.475 e. The number of nitrogens with zero attached hydrogens (tertiary/aromatic N) is 2. The minimum atomic E-state index is -0.571. The molecule has 5 heteroatoms. The summed E-state index contributed by atoms with van der Waals surface area (Å²) in [6.45, 7) is 2.63. The Bertz CT molecular complexity index is 323. The molecule has 0 aliphatic carbocycles. The number of aromatic nitrogens is 2. The summed E-state index contributed by atoms with van der Waals surface area (Å²) < 4.78 is 18.3. The summed E-state index contributed by atoms with van der Waals surface area (Å²) in [5.41, 5.74) is 0. The summed E-state index contributed by atoms with van der Waals surface area (Å²) in [5, 5.41) is 0.00221. The van der Waals surface area contributed by atoms with Crippen molar-refractivity contribution in [2.24, 2.45) is 0 Å². The third kappa shape index (κ3) is 4.75. The van der Waals surface area contributed by atoms with E-state index in [1.807, 2.05) is 0 Å². The van der Waals surface area contributed by atoms with Crippen LogP contribution in [0.2, 0.25) is 5.28 Å². The molecule has 16 heavy (non-hydrogen) atoms. The van der Waals surface area contributed by atoms with Gasteiger partial charge in [0.2, 0.25) is 11.1 Å². The van der Waals surface area contributed by atoms with Gasteiger partial charge in [0.1, 0.15) is 0 Å². The zero-order valence-corrected chi connectivity index (χ0v) is 10.1. The molecule has 0 saturated carbocycles.